The Bertz CT molecular complexity index is 858. The van der Waals surface area contributed by atoms with Crippen molar-refractivity contribution in [1.29, 1.82) is 0 Å². The van der Waals surface area contributed by atoms with Gasteiger partial charge in [-0.05, 0) is 28.0 Å². The second-order valence-corrected chi connectivity index (χ2v) is 6.85. The standard InChI is InChI=1S/C19H13ClO/c20-19-10-9-12(7-8-15(19)21)17-13-5-1-3-11-4-2-6-14(16(11)13)18(17)19/h1-10,12,17-18H/t12-,17-,18+,19+/m0/s1. The van der Waals surface area contributed by atoms with Gasteiger partial charge in [-0.2, -0.15) is 0 Å². The third-order valence-electron chi connectivity index (χ3n) is 5.30. The number of benzene rings is 2. The maximum atomic E-state index is 12.5. The van der Waals surface area contributed by atoms with E-state index in [9.17, 15) is 4.79 Å². The van der Waals surface area contributed by atoms with Crippen LogP contribution in [0.5, 0.6) is 0 Å². The maximum Gasteiger partial charge on any atom is 0.180 e. The molecule has 4 aliphatic carbocycles. The lowest BCUT2D eigenvalue weighted by Crippen LogP contribution is -2.40. The van der Waals surface area contributed by atoms with Crippen molar-refractivity contribution in [1.82, 2.24) is 0 Å². The van der Waals surface area contributed by atoms with Crippen LogP contribution in [0.1, 0.15) is 23.0 Å². The van der Waals surface area contributed by atoms with E-state index in [-0.39, 0.29) is 23.5 Å². The van der Waals surface area contributed by atoms with Crippen molar-refractivity contribution in [2.45, 2.75) is 16.7 Å². The monoisotopic (exact) mass is 292 g/mol. The molecule has 21 heavy (non-hydrogen) atoms. The van der Waals surface area contributed by atoms with Crippen molar-refractivity contribution in [3.05, 3.63) is 71.8 Å². The Balaban J connectivity index is 1.91. The van der Waals surface area contributed by atoms with Gasteiger partial charge in [0.05, 0.1) is 0 Å². The SMILES string of the molecule is O=C1C=C[C@H]2C=C[C@]1(Cl)[C@@H]1c3cccc4cccc(c34)[C@H]21. The Labute approximate surface area is 127 Å². The normalized spacial score (nSPS) is 35.3. The van der Waals surface area contributed by atoms with Gasteiger partial charge in [0.1, 0.15) is 4.87 Å². The number of carbonyl (C=O) groups is 1. The quantitative estimate of drug-likeness (QED) is 0.522. The van der Waals surface area contributed by atoms with E-state index in [0.717, 1.165) is 0 Å². The third kappa shape index (κ3) is 1.26. The molecular formula is C19H13ClO. The molecule has 0 fully saturated rings. The Kier molecular flexibility index (Phi) is 2.05. The molecule has 0 unspecified atom stereocenters. The first-order valence-electron chi connectivity index (χ1n) is 7.32. The van der Waals surface area contributed by atoms with Gasteiger partial charge in [-0.15, -0.1) is 11.6 Å². The number of allylic oxidation sites excluding steroid dienone is 4. The van der Waals surface area contributed by atoms with Crippen molar-refractivity contribution in [3.8, 4) is 0 Å². The number of alkyl halides is 1. The molecule has 2 heteroatoms. The van der Waals surface area contributed by atoms with Crippen molar-refractivity contribution < 1.29 is 4.79 Å². The predicted molar refractivity (Wildman–Crippen MR) is 84.8 cm³/mol. The Hall–Kier alpha value is -1.86. The van der Waals surface area contributed by atoms with Crippen LogP contribution in [-0.4, -0.2) is 10.7 Å². The van der Waals surface area contributed by atoms with Crippen molar-refractivity contribution in [2.24, 2.45) is 5.92 Å². The Morgan fingerprint density at radius 2 is 1.76 bits per heavy atom. The molecule has 102 valence electrons. The van der Waals surface area contributed by atoms with E-state index in [1.807, 2.05) is 12.2 Å². The maximum absolute atomic E-state index is 12.5. The lowest BCUT2D eigenvalue weighted by atomic mass is 9.69. The van der Waals surface area contributed by atoms with E-state index in [2.05, 4.69) is 42.5 Å². The fourth-order valence-corrected chi connectivity index (χ4v) is 4.84. The number of carbonyl (C=O) groups excluding carboxylic acids is 1. The summed E-state index contributed by atoms with van der Waals surface area (Å²) in [5.41, 5.74) is 2.57. The van der Waals surface area contributed by atoms with E-state index < -0.39 is 4.87 Å². The molecule has 0 saturated carbocycles. The van der Waals surface area contributed by atoms with Gasteiger partial charge in [0, 0.05) is 17.8 Å². The van der Waals surface area contributed by atoms with E-state index in [0.29, 0.717) is 0 Å². The minimum atomic E-state index is -0.929. The summed E-state index contributed by atoms with van der Waals surface area (Å²) in [6.45, 7) is 0. The van der Waals surface area contributed by atoms with Crippen LogP contribution < -0.4 is 0 Å². The molecule has 0 N–H and O–H groups in total. The summed E-state index contributed by atoms with van der Waals surface area (Å²) < 4.78 is 0. The van der Waals surface area contributed by atoms with Gasteiger partial charge < -0.3 is 0 Å². The number of ketones is 1. The largest absolute Gasteiger partial charge is 0.292 e. The van der Waals surface area contributed by atoms with Crippen LogP contribution in [0.15, 0.2) is 60.7 Å². The highest BCUT2D eigenvalue weighted by molar-refractivity contribution is 6.40. The van der Waals surface area contributed by atoms with E-state index in [1.54, 1.807) is 6.08 Å². The molecular weight excluding hydrogens is 280 g/mol. The third-order valence-corrected chi connectivity index (χ3v) is 5.85. The summed E-state index contributed by atoms with van der Waals surface area (Å²) in [7, 11) is 0. The molecule has 4 aliphatic rings. The average molecular weight is 293 g/mol. The summed E-state index contributed by atoms with van der Waals surface area (Å²) in [5.74, 6) is 0.584. The van der Waals surface area contributed by atoms with Gasteiger partial charge in [-0.25, -0.2) is 0 Å². The lowest BCUT2D eigenvalue weighted by molar-refractivity contribution is -0.116. The summed E-state index contributed by atoms with van der Waals surface area (Å²) in [5, 5.41) is 2.55. The highest BCUT2D eigenvalue weighted by Gasteiger charge is 2.54. The first kappa shape index (κ1) is 11.8. The van der Waals surface area contributed by atoms with Crippen LogP contribution in [-0.2, 0) is 4.79 Å². The smallest absolute Gasteiger partial charge is 0.180 e. The van der Waals surface area contributed by atoms with Crippen LogP contribution in [0.4, 0.5) is 0 Å². The van der Waals surface area contributed by atoms with Gasteiger partial charge in [0.25, 0.3) is 0 Å². The molecule has 0 spiro atoms. The first-order valence-corrected chi connectivity index (χ1v) is 7.70. The molecule has 0 radical (unpaired) electrons. The fourth-order valence-electron chi connectivity index (χ4n) is 4.45. The zero-order valence-corrected chi connectivity index (χ0v) is 12.0. The molecule has 0 saturated heterocycles. The van der Waals surface area contributed by atoms with Gasteiger partial charge in [-0.3, -0.25) is 4.79 Å². The van der Waals surface area contributed by atoms with Crippen molar-refractivity contribution in [3.63, 3.8) is 0 Å². The van der Waals surface area contributed by atoms with Crippen LogP contribution in [0.25, 0.3) is 10.8 Å². The summed E-state index contributed by atoms with van der Waals surface area (Å²) in [4.78, 5) is 11.6. The van der Waals surface area contributed by atoms with E-state index in [4.69, 9.17) is 11.6 Å². The number of hydrogen-bond donors (Lipinski definition) is 0. The van der Waals surface area contributed by atoms with Crippen LogP contribution >= 0.6 is 11.6 Å². The van der Waals surface area contributed by atoms with Crippen molar-refractivity contribution >= 4 is 28.2 Å². The zero-order chi connectivity index (χ0) is 14.2. The fraction of sp³-hybridized carbons (Fsp3) is 0.211. The molecule has 0 aliphatic heterocycles. The zero-order valence-electron chi connectivity index (χ0n) is 11.3. The highest BCUT2D eigenvalue weighted by Crippen LogP contribution is 2.60. The molecule has 4 atom stereocenters. The predicted octanol–water partition coefficient (Wildman–Crippen LogP) is 4.32. The molecule has 0 aromatic heterocycles. The van der Waals surface area contributed by atoms with Crippen LogP contribution in [0.3, 0.4) is 0 Å². The summed E-state index contributed by atoms with van der Waals surface area (Å²) in [6, 6.07) is 12.8. The number of fused-ring (bicyclic) bond motifs is 1. The molecule has 2 aromatic rings. The van der Waals surface area contributed by atoms with Gasteiger partial charge >= 0.3 is 0 Å². The van der Waals surface area contributed by atoms with Gasteiger partial charge in [0.2, 0.25) is 0 Å². The molecule has 2 bridgehead atoms. The number of rotatable bonds is 0. The lowest BCUT2D eigenvalue weighted by Gasteiger charge is -2.37. The Morgan fingerprint density at radius 3 is 2.57 bits per heavy atom. The van der Waals surface area contributed by atoms with Gasteiger partial charge in [0.15, 0.2) is 5.78 Å². The molecule has 1 nitrogen and oxygen atoms in total. The molecule has 0 heterocycles. The van der Waals surface area contributed by atoms with Crippen LogP contribution in [0, 0.1) is 5.92 Å². The topological polar surface area (TPSA) is 17.1 Å². The van der Waals surface area contributed by atoms with E-state index in [1.165, 1.54) is 21.9 Å². The van der Waals surface area contributed by atoms with Crippen molar-refractivity contribution in [2.75, 3.05) is 0 Å². The van der Waals surface area contributed by atoms with Crippen LogP contribution in [0.2, 0.25) is 0 Å². The first-order chi connectivity index (χ1) is 10.2. The average Bonchev–Trinajstić information content (AvgIpc) is 2.72. The summed E-state index contributed by atoms with van der Waals surface area (Å²) >= 11 is 6.84. The number of hydrogen-bond acceptors (Lipinski definition) is 1. The molecule has 6 rings (SSSR count). The molecule has 2 aromatic carbocycles. The second kappa shape index (κ2) is 3.66. The molecule has 0 amide bonds. The van der Waals surface area contributed by atoms with Gasteiger partial charge in [-0.1, -0.05) is 54.6 Å². The Morgan fingerprint density at radius 1 is 1.00 bits per heavy atom. The second-order valence-electron chi connectivity index (χ2n) is 6.22. The minimum absolute atomic E-state index is 0.0141. The number of halogens is 1. The van der Waals surface area contributed by atoms with E-state index >= 15 is 0 Å². The summed E-state index contributed by atoms with van der Waals surface area (Å²) in [6.07, 6.45) is 7.74. The minimum Gasteiger partial charge on any atom is -0.292 e. The highest BCUT2D eigenvalue weighted by atomic mass is 35.5.